The monoisotopic (exact) mass is 275 g/mol. The van der Waals surface area contributed by atoms with Gasteiger partial charge in [-0.1, -0.05) is 29.8 Å². The maximum atomic E-state index is 11.7. The maximum absolute atomic E-state index is 11.7. The van der Waals surface area contributed by atoms with Crippen LogP contribution >= 0.6 is 11.6 Å². The Labute approximate surface area is 116 Å². The van der Waals surface area contributed by atoms with Crippen molar-refractivity contribution < 1.29 is 9.53 Å². The molecule has 1 aliphatic carbocycles. The SMILES string of the molecule is O=C1OC(=NCc2ccccc2Cl)C2=C1CCCC2. The Morgan fingerprint density at radius 3 is 2.68 bits per heavy atom. The van der Waals surface area contributed by atoms with Gasteiger partial charge in [-0.3, -0.25) is 0 Å². The summed E-state index contributed by atoms with van der Waals surface area (Å²) in [5, 5.41) is 0.689. The lowest BCUT2D eigenvalue weighted by molar-refractivity contribution is -0.130. The third kappa shape index (κ3) is 2.43. The van der Waals surface area contributed by atoms with E-state index in [4.69, 9.17) is 16.3 Å². The smallest absolute Gasteiger partial charge is 0.341 e. The molecule has 1 aromatic rings. The number of benzene rings is 1. The molecule has 0 saturated carbocycles. The van der Waals surface area contributed by atoms with Crippen molar-refractivity contribution in [1.29, 1.82) is 0 Å². The van der Waals surface area contributed by atoms with Crippen molar-refractivity contribution in [3.63, 3.8) is 0 Å². The first kappa shape index (κ1) is 12.4. The number of esters is 1. The van der Waals surface area contributed by atoms with Gasteiger partial charge in [0.2, 0.25) is 5.90 Å². The fourth-order valence-corrected chi connectivity index (χ4v) is 2.68. The van der Waals surface area contributed by atoms with Crippen LogP contribution < -0.4 is 0 Å². The van der Waals surface area contributed by atoms with E-state index in [-0.39, 0.29) is 5.97 Å². The highest BCUT2D eigenvalue weighted by Crippen LogP contribution is 2.32. The van der Waals surface area contributed by atoms with Gasteiger partial charge in [-0.2, -0.15) is 0 Å². The largest absolute Gasteiger partial charge is 0.404 e. The van der Waals surface area contributed by atoms with Crippen molar-refractivity contribution >= 4 is 23.5 Å². The summed E-state index contributed by atoms with van der Waals surface area (Å²) in [7, 11) is 0. The van der Waals surface area contributed by atoms with Gasteiger partial charge in [-0.15, -0.1) is 0 Å². The zero-order chi connectivity index (χ0) is 13.2. The molecule has 0 saturated heterocycles. The highest BCUT2D eigenvalue weighted by molar-refractivity contribution is 6.31. The Balaban J connectivity index is 1.83. The van der Waals surface area contributed by atoms with Crippen molar-refractivity contribution in [2.75, 3.05) is 0 Å². The van der Waals surface area contributed by atoms with Crippen LogP contribution in [-0.2, 0) is 16.1 Å². The van der Waals surface area contributed by atoms with E-state index in [2.05, 4.69) is 4.99 Å². The predicted molar refractivity (Wildman–Crippen MR) is 74.2 cm³/mol. The quantitative estimate of drug-likeness (QED) is 0.773. The second kappa shape index (κ2) is 5.17. The standard InChI is InChI=1S/C15H14ClNO2/c16-13-8-4-1-5-10(13)9-17-14-11-6-2-3-7-12(11)15(18)19-14/h1,4-5,8H,2-3,6-7,9H2. The minimum atomic E-state index is -0.215. The lowest BCUT2D eigenvalue weighted by Crippen LogP contribution is -2.04. The molecule has 0 spiro atoms. The van der Waals surface area contributed by atoms with E-state index in [1.807, 2.05) is 24.3 Å². The molecule has 19 heavy (non-hydrogen) atoms. The lowest BCUT2D eigenvalue weighted by atomic mass is 9.93. The Kier molecular flexibility index (Phi) is 3.38. The second-order valence-corrected chi connectivity index (χ2v) is 5.17. The molecular weight excluding hydrogens is 262 g/mol. The zero-order valence-corrected chi connectivity index (χ0v) is 11.2. The Morgan fingerprint density at radius 1 is 1.16 bits per heavy atom. The minimum Gasteiger partial charge on any atom is -0.404 e. The second-order valence-electron chi connectivity index (χ2n) is 4.77. The molecule has 3 nitrogen and oxygen atoms in total. The van der Waals surface area contributed by atoms with Crippen LogP contribution in [0.1, 0.15) is 31.2 Å². The van der Waals surface area contributed by atoms with Gasteiger partial charge in [-0.25, -0.2) is 9.79 Å². The molecule has 1 aliphatic heterocycles. The predicted octanol–water partition coefficient (Wildman–Crippen LogP) is 3.67. The fourth-order valence-electron chi connectivity index (χ4n) is 2.49. The van der Waals surface area contributed by atoms with Crippen LogP contribution in [0.2, 0.25) is 5.02 Å². The molecular formula is C15H14ClNO2. The Morgan fingerprint density at radius 2 is 1.89 bits per heavy atom. The van der Waals surface area contributed by atoms with Crippen molar-refractivity contribution in [2.45, 2.75) is 32.2 Å². The Bertz CT molecular complexity index is 590. The van der Waals surface area contributed by atoms with Crippen molar-refractivity contribution in [1.82, 2.24) is 0 Å². The minimum absolute atomic E-state index is 0.215. The first-order chi connectivity index (χ1) is 9.25. The van der Waals surface area contributed by atoms with E-state index in [1.165, 1.54) is 0 Å². The number of aliphatic imine (C=N–C) groups is 1. The number of nitrogens with zero attached hydrogens (tertiary/aromatic N) is 1. The van der Waals surface area contributed by atoms with Gasteiger partial charge in [0.25, 0.3) is 0 Å². The van der Waals surface area contributed by atoms with E-state index < -0.39 is 0 Å². The van der Waals surface area contributed by atoms with Crippen LogP contribution in [0, 0.1) is 0 Å². The molecule has 4 heteroatoms. The van der Waals surface area contributed by atoms with Gasteiger partial charge in [0.1, 0.15) is 0 Å². The van der Waals surface area contributed by atoms with E-state index in [0.29, 0.717) is 17.5 Å². The van der Waals surface area contributed by atoms with Crippen LogP contribution in [0.5, 0.6) is 0 Å². The summed E-state index contributed by atoms with van der Waals surface area (Å²) in [6.45, 7) is 0.444. The number of hydrogen-bond acceptors (Lipinski definition) is 3. The molecule has 0 N–H and O–H groups in total. The third-order valence-corrected chi connectivity index (χ3v) is 3.88. The molecule has 2 aliphatic rings. The topological polar surface area (TPSA) is 38.7 Å². The number of rotatable bonds is 2. The average Bonchev–Trinajstić information content (AvgIpc) is 2.75. The molecule has 3 rings (SSSR count). The molecule has 0 fully saturated rings. The molecule has 0 radical (unpaired) electrons. The van der Waals surface area contributed by atoms with Gasteiger partial charge in [0.05, 0.1) is 6.54 Å². The van der Waals surface area contributed by atoms with E-state index in [9.17, 15) is 4.79 Å². The molecule has 98 valence electrons. The first-order valence-corrected chi connectivity index (χ1v) is 6.86. The zero-order valence-electron chi connectivity index (χ0n) is 10.5. The molecule has 0 atom stereocenters. The first-order valence-electron chi connectivity index (χ1n) is 6.48. The highest BCUT2D eigenvalue weighted by Gasteiger charge is 2.32. The number of carbonyl (C=O) groups is 1. The molecule has 0 amide bonds. The van der Waals surface area contributed by atoms with Crippen LogP contribution in [0.3, 0.4) is 0 Å². The average molecular weight is 276 g/mol. The summed E-state index contributed by atoms with van der Waals surface area (Å²) in [4.78, 5) is 16.1. The third-order valence-electron chi connectivity index (χ3n) is 3.51. The van der Waals surface area contributed by atoms with Gasteiger partial charge in [-0.05, 0) is 37.3 Å². The normalized spacial score (nSPS) is 20.7. The summed E-state index contributed by atoms with van der Waals surface area (Å²) < 4.78 is 5.26. The summed E-state index contributed by atoms with van der Waals surface area (Å²) in [5.74, 6) is 0.284. The molecule has 0 aromatic heterocycles. The maximum Gasteiger partial charge on any atom is 0.341 e. The van der Waals surface area contributed by atoms with E-state index in [0.717, 1.165) is 42.4 Å². The van der Waals surface area contributed by atoms with Crippen LogP contribution in [-0.4, -0.2) is 11.9 Å². The van der Waals surface area contributed by atoms with Crippen molar-refractivity contribution in [3.05, 3.63) is 46.0 Å². The lowest BCUT2D eigenvalue weighted by Gasteiger charge is -2.09. The van der Waals surface area contributed by atoms with E-state index >= 15 is 0 Å². The molecule has 1 heterocycles. The summed E-state index contributed by atoms with van der Waals surface area (Å²) in [5.41, 5.74) is 2.77. The van der Waals surface area contributed by atoms with Gasteiger partial charge < -0.3 is 4.74 Å². The van der Waals surface area contributed by atoms with Crippen LogP contribution in [0.4, 0.5) is 0 Å². The van der Waals surface area contributed by atoms with E-state index in [1.54, 1.807) is 0 Å². The highest BCUT2D eigenvalue weighted by atomic mass is 35.5. The van der Waals surface area contributed by atoms with Crippen LogP contribution in [0.25, 0.3) is 0 Å². The fraction of sp³-hybridized carbons (Fsp3) is 0.333. The van der Waals surface area contributed by atoms with Crippen molar-refractivity contribution in [2.24, 2.45) is 4.99 Å². The Hall–Kier alpha value is -1.61. The summed E-state index contributed by atoms with van der Waals surface area (Å²) in [6.07, 6.45) is 3.87. The van der Waals surface area contributed by atoms with Gasteiger partial charge in [0, 0.05) is 16.2 Å². The summed E-state index contributed by atoms with van der Waals surface area (Å²) in [6, 6.07) is 7.58. The van der Waals surface area contributed by atoms with Crippen LogP contribution in [0.15, 0.2) is 40.4 Å². The molecule has 0 bridgehead atoms. The number of cyclic esters (lactones) is 1. The van der Waals surface area contributed by atoms with Gasteiger partial charge in [0.15, 0.2) is 0 Å². The number of hydrogen-bond donors (Lipinski definition) is 0. The summed E-state index contributed by atoms with van der Waals surface area (Å²) >= 11 is 6.09. The number of ether oxygens (including phenoxy) is 1. The van der Waals surface area contributed by atoms with Crippen molar-refractivity contribution in [3.8, 4) is 0 Å². The van der Waals surface area contributed by atoms with Gasteiger partial charge >= 0.3 is 5.97 Å². The molecule has 1 aromatic carbocycles. The number of halogens is 1. The number of carbonyl (C=O) groups excluding carboxylic acids is 1. The molecule has 0 unspecified atom stereocenters.